The first-order valence-corrected chi connectivity index (χ1v) is 14.1. The van der Waals surface area contributed by atoms with Crippen LogP contribution in [0.1, 0.15) is 58.6 Å². The molecule has 1 unspecified atom stereocenters. The van der Waals surface area contributed by atoms with E-state index in [2.05, 4.69) is 61.0 Å². The molecule has 1 atom stereocenters. The van der Waals surface area contributed by atoms with Gasteiger partial charge in [0.1, 0.15) is 17.2 Å². The van der Waals surface area contributed by atoms with Crippen LogP contribution in [0.2, 0.25) is 0 Å². The lowest BCUT2D eigenvalue weighted by Gasteiger charge is -2.29. The second-order valence-electron chi connectivity index (χ2n) is 11.8. The Kier molecular flexibility index (Phi) is 7.81. The predicted molar refractivity (Wildman–Crippen MR) is 159 cm³/mol. The molecule has 1 aliphatic rings. The van der Waals surface area contributed by atoms with Gasteiger partial charge in [-0.1, -0.05) is 53.2 Å². The van der Waals surface area contributed by atoms with Gasteiger partial charge in [-0.25, -0.2) is 13.8 Å². The number of anilines is 1. The maximum Gasteiger partial charge on any atom is 0.198 e. The van der Waals surface area contributed by atoms with Crippen LogP contribution in [0.3, 0.4) is 0 Å². The molecule has 212 valence electrons. The number of fused-ring (bicyclic) bond motifs is 1. The lowest BCUT2D eigenvalue weighted by Crippen LogP contribution is -2.25. The molecule has 3 heterocycles. The summed E-state index contributed by atoms with van der Waals surface area (Å²) in [5, 5.41) is 13.4. The van der Waals surface area contributed by atoms with Crippen molar-refractivity contribution >= 4 is 22.6 Å². The van der Waals surface area contributed by atoms with Gasteiger partial charge in [0, 0.05) is 48.7 Å². The molecule has 5 rings (SSSR count). The monoisotopic (exact) mass is 555 g/mol. The van der Waals surface area contributed by atoms with Crippen LogP contribution in [0.4, 0.5) is 14.5 Å². The number of ether oxygens (including phenoxy) is 1. The highest BCUT2D eigenvalue weighted by Gasteiger charge is 2.32. The van der Waals surface area contributed by atoms with Gasteiger partial charge in [-0.15, -0.1) is 0 Å². The number of nitriles is 1. The number of pyridine rings is 1. The summed E-state index contributed by atoms with van der Waals surface area (Å²) >= 11 is 0. The standard InChI is InChI=1S/C33H35F2N5O/c1-6-33(4,5)23-13-29(38-17-23)40-24-14-26(34)31(27(35)15-24)41-28-9-10-37-32-30(28)25(18-39-32)21-8-7-20(11-19(2)3)22(12-21)16-36/h7-10,12,14-15,18-19,23H,6,11,13,17H2,1-5H3,(H,37,39)(H,38,40). The fourth-order valence-electron chi connectivity index (χ4n) is 5.30. The van der Waals surface area contributed by atoms with Gasteiger partial charge in [-0.2, -0.15) is 5.26 Å². The third kappa shape index (κ3) is 5.81. The highest BCUT2D eigenvalue weighted by molar-refractivity contribution is 5.99. The lowest BCUT2D eigenvalue weighted by molar-refractivity contribution is 0.225. The molecule has 0 saturated heterocycles. The molecular weight excluding hydrogens is 520 g/mol. The van der Waals surface area contributed by atoms with Gasteiger partial charge < -0.3 is 15.0 Å². The van der Waals surface area contributed by atoms with Gasteiger partial charge in [-0.05, 0) is 46.9 Å². The van der Waals surface area contributed by atoms with E-state index in [4.69, 9.17) is 4.74 Å². The number of nitrogens with zero attached hydrogens (tertiary/aromatic N) is 3. The van der Waals surface area contributed by atoms with E-state index >= 15 is 8.78 Å². The van der Waals surface area contributed by atoms with E-state index in [1.54, 1.807) is 12.3 Å². The van der Waals surface area contributed by atoms with Crippen molar-refractivity contribution in [3.63, 3.8) is 0 Å². The number of benzene rings is 2. The summed E-state index contributed by atoms with van der Waals surface area (Å²) < 4.78 is 36.4. The normalized spacial score (nSPS) is 15.3. The van der Waals surface area contributed by atoms with Crippen LogP contribution in [0.5, 0.6) is 11.5 Å². The van der Waals surface area contributed by atoms with Crippen molar-refractivity contribution in [3.8, 4) is 28.7 Å². The van der Waals surface area contributed by atoms with E-state index in [1.807, 2.05) is 18.2 Å². The van der Waals surface area contributed by atoms with Crippen molar-refractivity contribution in [1.29, 1.82) is 5.26 Å². The highest BCUT2D eigenvalue weighted by atomic mass is 19.1. The lowest BCUT2D eigenvalue weighted by atomic mass is 9.76. The summed E-state index contributed by atoms with van der Waals surface area (Å²) in [5.41, 5.74) is 4.00. The molecule has 0 fully saturated rings. The molecule has 6 nitrogen and oxygen atoms in total. The number of hydrogen-bond acceptors (Lipinski definition) is 5. The van der Waals surface area contributed by atoms with Gasteiger partial charge in [0.25, 0.3) is 0 Å². The highest BCUT2D eigenvalue weighted by Crippen LogP contribution is 2.40. The van der Waals surface area contributed by atoms with E-state index in [0.717, 1.165) is 41.8 Å². The molecular formula is C33H35F2N5O. The molecule has 8 heteroatoms. The van der Waals surface area contributed by atoms with Crippen LogP contribution in [-0.2, 0) is 6.42 Å². The Labute approximate surface area is 239 Å². The Balaban J connectivity index is 1.42. The number of aromatic nitrogens is 2. The van der Waals surface area contributed by atoms with E-state index < -0.39 is 17.4 Å². The third-order valence-electron chi connectivity index (χ3n) is 8.16. The number of nitrogens with one attached hydrogen (secondary N) is 2. The fourth-order valence-corrected chi connectivity index (χ4v) is 5.30. The molecule has 4 aromatic rings. The van der Waals surface area contributed by atoms with Crippen LogP contribution < -0.4 is 10.1 Å². The van der Waals surface area contributed by atoms with Crippen LogP contribution in [0.15, 0.2) is 53.8 Å². The number of halogens is 2. The average Bonchev–Trinajstić information content (AvgIpc) is 3.59. The summed E-state index contributed by atoms with van der Waals surface area (Å²) in [4.78, 5) is 12.0. The smallest absolute Gasteiger partial charge is 0.198 e. The van der Waals surface area contributed by atoms with E-state index in [1.165, 1.54) is 18.3 Å². The minimum absolute atomic E-state index is 0.139. The minimum Gasteiger partial charge on any atom is -0.450 e. The van der Waals surface area contributed by atoms with Crippen LogP contribution >= 0.6 is 0 Å². The number of aromatic amines is 1. The molecule has 41 heavy (non-hydrogen) atoms. The van der Waals surface area contributed by atoms with Gasteiger partial charge in [0.05, 0.1) is 17.0 Å². The Hall–Kier alpha value is -4.25. The summed E-state index contributed by atoms with van der Waals surface area (Å²) in [6, 6.07) is 12.0. The number of hydrogen-bond donors (Lipinski definition) is 2. The van der Waals surface area contributed by atoms with E-state index in [9.17, 15) is 5.26 Å². The topological polar surface area (TPSA) is 86.1 Å². The number of H-pyrrole nitrogens is 1. The first-order chi connectivity index (χ1) is 19.6. The molecule has 0 aliphatic carbocycles. The zero-order chi connectivity index (χ0) is 29.3. The summed E-state index contributed by atoms with van der Waals surface area (Å²) in [7, 11) is 0. The molecule has 2 aromatic carbocycles. The summed E-state index contributed by atoms with van der Waals surface area (Å²) in [6.45, 7) is 11.5. The molecule has 0 saturated carbocycles. The summed E-state index contributed by atoms with van der Waals surface area (Å²) in [5.74, 6) is -0.391. The van der Waals surface area contributed by atoms with Crippen molar-refractivity contribution in [3.05, 3.63) is 71.6 Å². The van der Waals surface area contributed by atoms with Crippen molar-refractivity contribution in [2.45, 2.75) is 53.9 Å². The van der Waals surface area contributed by atoms with Gasteiger partial charge in [0.2, 0.25) is 0 Å². The van der Waals surface area contributed by atoms with Gasteiger partial charge >= 0.3 is 0 Å². The average molecular weight is 556 g/mol. The van der Waals surface area contributed by atoms with E-state index in [0.29, 0.717) is 35.0 Å². The van der Waals surface area contributed by atoms with Crippen molar-refractivity contribution < 1.29 is 13.5 Å². The Morgan fingerprint density at radius 1 is 1.17 bits per heavy atom. The van der Waals surface area contributed by atoms with Gasteiger partial charge in [0.15, 0.2) is 17.4 Å². The molecule has 2 N–H and O–H groups in total. The fraction of sp³-hybridized carbons (Fsp3) is 0.364. The largest absolute Gasteiger partial charge is 0.450 e. The van der Waals surface area contributed by atoms with Crippen molar-refractivity contribution in [2.24, 2.45) is 22.2 Å². The van der Waals surface area contributed by atoms with Crippen LogP contribution in [0.25, 0.3) is 22.2 Å². The molecule has 0 spiro atoms. The van der Waals surface area contributed by atoms with Gasteiger partial charge in [-0.3, -0.25) is 4.99 Å². The Bertz CT molecular complexity index is 1640. The minimum atomic E-state index is -0.830. The van der Waals surface area contributed by atoms with Crippen LogP contribution in [0, 0.1) is 40.2 Å². The third-order valence-corrected chi connectivity index (χ3v) is 8.16. The zero-order valence-corrected chi connectivity index (χ0v) is 24.1. The first-order valence-electron chi connectivity index (χ1n) is 14.1. The predicted octanol–water partition coefficient (Wildman–Crippen LogP) is 8.64. The first kappa shape index (κ1) is 28.3. The number of rotatable bonds is 8. The molecule has 0 bridgehead atoms. The quantitative estimate of drug-likeness (QED) is 0.228. The number of amidine groups is 1. The molecule has 1 aliphatic heterocycles. The SMILES string of the molecule is CCC(C)(C)C1CN=C(Nc2cc(F)c(Oc3ccnc4[nH]cc(-c5ccc(CC(C)C)c(C#N)c5)c34)c(F)c2)C1. The van der Waals surface area contributed by atoms with Crippen molar-refractivity contribution in [2.75, 3.05) is 11.9 Å². The maximum absolute atomic E-state index is 15.3. The Morgan fingerprint density at radius 3 is 2.61 bits per heavy atom. The second kappa shape index (κ2) is 11.3. The second-order valence-corrected chi connectivity index (χ2v) is 11.8. The Morgan fingerprint density at radius 2 is 1.93 bits per heavy atom. The molecule has 0 amide bonds. The zero-order valence-electron chi connectivity index (χ0n) is 24.1. The van der Waals surface area contributed by atoms with E-state index in [-0.39, 0.29) is 16.9 Å². The summed E-state index contributed by atoms with van der Waals surface area (Å²) in [6.07, 6.45) is 5.84. The number of aliphatic imine (C=N–C) groups is 1. The van der Waals surface area contributed by atoms with Crippen molar-refractivity contribution in [1.82, 2.24) is 9.97 Å². The van der Waals surface area contributed by atoms with Crippen LogP contribution in [-0.4, -0.2) is 22.3 Å². The molecule has 2 aromatic heterocycles. The molecule has 0 radical (unpaired) electrons. The maximum atomic E-state index is 15.3.